The van der Waals surface area contributed by atoms with Crippen LogP contribution in [-0.2, 0) is 4.74 Å². The van der Waals surface area contributed by atoms with E-state index < -0.39 is 0 Å². The average molecular weight is 339 g/mol. The van der Waals surface area contributed by atoms with Crippen LogP contribution in [0.15, 0.2) is 28.7 Å². The first-order chi connectivity index (χ1) is 12.1. The second kappa shape index (κ2) is 7.41. The lowest BCUT2D eigenvalue weighted by Gasteiger charge is -2.34. The molecule has 130 valence electrons. The SMILES string of the molecule is COc1cccc(C=Cc2nc(C#N)c(N3CC(C)OC(C)C3)o2)c1. The largest absolute Gasteiger partial charge is 0.497 e. The predicted molar refractivity (Wildman–Crippen MR) is 95.4 cm³/mol. The Morgan fingerprint density at radius 1 is 1.28 bits per heavy atom. The molecular formula is C19H21N3O3. The van der Waals surface area contributed by atoms with Crippen molar-refractivity contribution in [2.75, 3.05) is 25.1 Å². The molecule has 1 aromatic carbocycles. The van der Waals surface area contributed by atoms with Crippen LogP contribution in [0, 0.1) is 11.3 Å². The van der Waals surface area contributed by atoms with Crippen molar-refractivity contribution < 1.29 is 13.9 Å². The summed E-state index contributed by atoms with van der Waals surface area (Å²) in [6, 6.07) is 9.79. The first-order valence-electron chi connectivity index (χ1n) is 8.22. The summed E-state index contributed by atoms with van der Waals surface area (Å²) in [6.07, 6.45) is 3.79. The Bertz CT molecular complexity index is 796. The van der Waals surface area contributed by atoms with Crippen molar-refractivity contribution in [2.45, 2.75) is 26.1 Å². The standard InChI is InChI=1S/C19H21N3O3/c1-13-11-22(12-14(2)24-13)19-17(10-20)21-18(25-19)8-7-15-5-4-6-16(9-15)23-3/h4-9,13-14H,11-12H2,1-3H3. The highest BCUT2D eigenvalue weighted by Gasteiger charge is 2.27. The minimum absolute atomic E-state index is 0.0798. The molecule has 0 bridgehead atoms. The number of aromatic nitrogens is 1. The van der Waals surface area contributed by atoms with Crippen molar-refractivity contribution >= 4 is 18.0 Å². The third kappa shape index (κ3) is 4.01. The van der Waals surface area contributed by atoms with Gasteiger partial charge in [0.15, 0.2) is 0 Å². The van der Waals surface area contributed by atoms with Crippen molar-refractivity contribution in [1.82, 2.24) is 4.98 Å². The van der Waals surface area contributed by atoms with Crippen molar-refractivity contribution in [2.24, 2.45) is 0 Å². The first-order valence-corrected chi connectivity index (χ1v) is 8.22. The molecule has 3 rings (SSSR count). The molecule has 0 N–H and O–H groups in total. The third-order valence-electron chi connectivity index (χ3n) is 3.95. The first kappa shape index (κ1) is 17.1. The van der Waals surface area contributed by atoms with Gasteiger partial charge in [-0.05, 0) is 37.6 Å². The summed E-state index contributed by atoms with van der Waals surface area (Å²) < 4.78 is 16.8. The molecule has 2 heterocycles. The van der Waals surface area contributed by atoms with Crippen LogP contribution in [0.1, 0.15) is 31.0 Å². The van der Waals surface area contributed by atoms with E-state index in [2.05, 4.69) is 11.1 Å². The van der Waals surface area contributed by atoms with Crippen LogP contribution in [0.2, 0.25) is 0 Å². The van der Waals surface area contributed by atoms with E-state index in [4.69, 9.17) is 13.9 Å². The van der Waals surface area contributed by atoms with Gasteiger partial charge in [-0.1, -0.05) is 12.1 Å². The van der Waals surface area contributed by atoms with Gasteiger partial charge in [0, 0.05) is 19.2 Å². The molecule has 0 radical (unpaired) electrons. The minimum atomic E-state index is 0.0798. The Hall–Kier alpha value is -2.78. The summed E-state index contributed by atoms with van der Waals surface area (Å²) in [5.41, 5.74) is 1.26. The minimum Gasteiger partial charge on any atom is -0.497 e. The zero-order valence-corrected chi connectivity index (χ0v) is 14.6. The Morgan fingerprint density at radius 3 is 2.72 bits per heavy atom. The van der Waals surface area contributed by atoms with Crippen LogP contribution >= 0.6 is 0 Å². The smallest absolute Gasteiger partial charge is 0.235 e. The number of hydrogen-bond donors (Lipinski definition) is 0. The van der Waals surface area contributed by atoms with E-state index in [1.54, 1.807) is 13.2 Å². The molecule has 2 atom stereocenters. The van der Waals surface area contributed by atoms with Gasteiger partial charge < -0.3 is 18.8 Å². The van der Waals surface area contributed by atoms with Crippen molar-refractivity contribution in [1.29, 1.82) is 5.26 Å². The van der Waals surface area contributed by atoms with E-state index in [0.717, 1.165) is 11.3 Å². The van der Waals surface area contributed by atoms with Gasteiger partial charge in [0.2, 0.25) is 17.5 Å². The molecular weight excluding hydrogens is 318 g/mol. The number of benzene rings is 1. The van der Waals surface area contributed by atoms with Crippen LogP contribution in [-0.4, -0.2) is 37.4 Å². The summed E-state index contributed by atoms with van der Waals surface area (Å²) >= 11 is 0. The molecule has 0 amide bonds. The molecule has 1 aromatic heterocycles. The van der Waals surface area contributed by atoms with E-state index >= 15 is 0 Å². The van der Waals surface area contributed by atoms with E-state index in [9.17, 15) is 5.26 Å². The zero-order valence-electron chi connectivity index (χ0n) is 14.6. The van der Waals surface area contributed by atoms with Crippen LogP contribution in [0.5, 0.6) is 5.75 Å². The van der Waals surface area contributed by atoms with Gasteiger partial charge in [0.05, 0.1) is 19.3 Å². The molecule has 2 unspecified atom stereocenters. The maximum Gasteiger partial charge on any atom is 0.235 e. The highest BCUT2D eigenvalue weighted by Crippen LogP contribution is 2.26. The van der Waals surface area contributed by atoms with E-state index in [0.29, 0.717) is 30.6 Å². The van der Waals surface area contributed by atoms with Gasteiger partial charge in [-0.15, -0.1) is 0 Å². The maximum absolute atomic E-state index is 9.38. The highest BCUT2D eigenvalue weighted by molar-refractivity contribution is 5.68. The molecule has 1 aliphatic rings. The van der Waals surface area contributed by atoms with Gasteiger partial charge in [-0.3, -0.25) is 0 Å². The van der Waals surface area contributed by atoms with Gasteiger partial charge in [0.25, 0.3) is 0 Å². The second-order valence-corrected chi connectivity index (χ2v) is 6.09. The molecule has 6 nitrogen and oxygen atoms in total. The highest BCUT2D eigenvalue weighted by atomic mass is 16.5. The summed E-state index contributed by atoms with van der Waals surface area (Å²) in [6.45, 7) is 5.36. The normalized spacial score (nSPS) is 20.6. The van der Waals surface area contributed by atoms with Crippen LogP contribution in [0.4, 0.5) is 5.88 Å². The van der Waals surface area contributed by atoms with E-state index in [1.165, 1.54) is 0 Å². The van der Waals surface area contributed by atoms with Gasteiger partial charge in [-0.25, -0.2) is 0 Å². The molecule has 0 aliphatic carbocycles. The monoisotopic (exact) mass is 339 g/mol. The zero-order chi connectivity index (χ0) is 17.8. The number of hydrogen-bond acceptors (Lipinski definition) is 6. The Kier molecular flexibility index (Phi) is 5.05. The number of methoxy groups -OCH3 is 1. The quantitative estimate of drug-likeness (QED) is 0.851. The van der Waals surface area contributed by atoms with Crippen molar-refractivity contribution in [3.63, 3.8) is 0 Å². The summed E-state index contributed by atoms with van der Waals surface area (Å²) in [7, 11) is 1.63. The topological polar surface area (TPSA) is 71.5 Å². The van der Waals surface area contributed by atoms with Crippen LogP contribution in [0.3, 0.4) is 0 Å². The molecule has 2 aromatic rings. The Morgan fingerprint density at radius 2 is 2.04 bits per heavy atom. The molecule has 0 spiro atoms. The lowest BCUT2D eigenvalue weighted by molar-refractivity contribution is -0.00642. The lowest BCUT2D eigenvalue weighted by Crippen LogP contribution is -2.45. The average Bonchev–Trinajstić information content (AvgIpc) is 3.03. The maximum atomic E-state index is 9.38. The second-order valence-electron chi connectivity index (χ2n) is 6.09. The fraction of sp³-hybridized carbons (Fsp3) is 0.368. The van der Waals surface area contributed by atoms with Crippen molar-refractivity contribution in [3.05, 3.63) is 41.4 Å². The van der Waals surface area contributed by atoms with Crippen LogP contribution in [0.25, 0.3) is 12.2 Å². The number of ether oxygens (including phenoxy) is 2. The van der Waals surface area contributed by atoms with E-state index in [-0.39, 0.29) is 12.2 Å². The Balaban J connectivity index is 1.83. The fourth-order valence-electron chi connectivity index (χ4n) is 2.94. The Labute approximate surface area is 147 Å². The summed E-state index contributed by atoms with van der Waals surface area (Å²) in [5.74, 6) is 1.69. The van der Waals surface area contributed by atoms with Gasteiger partial charge in [0.1, 0.15) is 11.8 Å². The van der Waals surface area contributed by atoms with E-state index in [1.807, 2.05) is 49.1 Å². The number of nitrogens with zero attached hydrogens (tertiary/aromatic N) is 3. The lowest BCUT2D eigenvalue weighted by atomic mass is 10.2. The molecule has 0 saturated carbocycles. The summed E-state index contributed by atoms with van der Waals surface area (Å²) in [4.78, 5) is 6.30. The fourth-order valence-corrected chi connectivity index (χ4v) is 2.94. The molecule has 1 fully saturated rings. The van der Waals surface area contributed by atoms with Crippen molar-refractivity contribution in [3.8, 4) is 11.8 Å². The third-order valence-corrected chi connectivity index (χ3v) is 3.95. The molecule has 6 heteroatoms. The van der Waals surface area contributed by atoms with Gasteiger partial charge >= 0.3 is 0 Å². The molecule has 1 saturated heterocycles. The number of morpholine rings is 1. The molecule has 1 aliphatic heterocycles. The van der Waals surface area contributed by atoms with Crippen LogP contribution < -0.4 is 9.64 Å². The number of nitriles is 1. The molecule has 25 heavy (non-hydrogen) atoms. The number of anilines is 1. The summed E-state index contributed by atoms with van der Waals surface area (Å²) in [5, 5.41) is 9.38. The predicted octanol–water partition coefficient (Wildman–Crippen LogP) is 3.34. The number of oxazole rings is 1. The number of rotatable bonds is 4. The van der Waals surface area contributed by atoms with Gasteiger partial charge in [-0.2, -0.15) is 10.2 Å².